The molecule has 0 aliphatic heterocycles. The van der Waals surface area contributed by atoms with E-state index in [2.05, 4.69) is 5.32 Å². The van der Waals surface area contributed by atoms with Gasteiger partial charge in [-0.15, -0.1) is 11.3 Å². The molecule has 0 saturated carbocycles. The highest BCUT2D eigenvalue weighted by atomic mass is 35.5. The smallest absolute Gasteiger partial charge is 0.348 e. The highest BCUT2D eigenvalue weighted by Crippen LogP contribution is 2.40. The van der Waals surface area contributed by atoms with Crippen LogP contribution < -0.4 is 10.1 Å². The fourth-order valence-corrected chi connectivity index (χ4v) is 3.93. The Hall–Kier alpha value is -2.21. The summed E-state index contributed by atoms with van der Waals surface area (Å²) in [6, 6.07) is 6.62. The van der Waals surface area contributed by atoms with Crippen molar-refractivity contribution in [2.24, 2.45) is 0 Å². The number of halogens is 1. The van der Waals surface area contributed by atoms with Gasteiger partial charge in [0.05, 0.1) is 11.5 Å². The molecule has 0 aliphatic rings. The molecule has 1 aromatic heterocycles. The summed E-state index contributed by atoms with van der Waals surface area (Å²) in [6.45, 7) is 3.45. The predicted octanol–water partition coefficient (Wildman–Crippen LogP) is 4.48. The molecule has 1 aromatic carbocycles. The van der Waals surface area contributed by atoms with Crippen molar-refractivity contribution in [1.82, 2.24) is 0 Å². The van der Waals surface area contributed by atoms with Crippen molar-refractivity contribution in [1.29, 1.82) is 5.26 Å². The number of nitrogens with zero attached hydrogens (tertiary/aromatic N) is 1. The Morgan fingerprint density at radius 1 is 1.35 bits per heavy atom. The average molecular weight is 411 g/mol. The quantitative estimate of drug-likeness (QED) is 0.411. The second-order valence-electron chi connectivity index (χ2n) is 4.92. The van der Waals surface area contributed by atoms with E-state index in [1.165, 1.54) is 0 Å². The number of amides is 1. The third-order valence-corrected chi connectivity index (χ3v) is 5.51. The largest absolute Gasteiger partial charge is 0.484 e. The highest BCUT2D eigenvalue weighted by Gasteiger charge is 2.22. The third-order valence-electron chi connectivity index (χ3n) is 3.14. The number of hydrogen-bond acceptors (Lipinski definition) is 7. The fourth-order valence-electron chi connectivity index (χ4n) is 1.98. The summed E-state index contributed by atoms with van der Waals surface area (Å²) in [5.74, 6) is -0.380. The number of rotatable bonds is 7. The summed E-state index contributed by atoms with van der Waals surface area (Å²) in [5, 5.41) is 14.6. The zero-order chi connectivity index (χ0) is 19.1. The molecular formula is C17H15ClN2O4S2. The van der Waals surface area contributed by atoms with Crippen LogP contribution in [0.1, 0.15) is 22.2 Å². The van der Waals surface area contributed by atoms with Crippen LogP contribution in [0.2, 0.25) is 5.02 Å². The van der Waals surface area contributed by atoms with Gasteiger partial charge in [-0.1, -0.05) is 11.6 Å². The van der Waals surface area contributed by atoms with Crippen molar-refractivity contribution in [3.63, 3.8) is 0 Å². The predicted molar refractivity (Wildman–Crippen MR) is 102 cm³/mol. The van der Waals surface area contributed by atoms with Crippen molar-refractivity contribution >= 4 is 51.6 Å². The van der Waals surface area contributed by atoms with Crippen LogP contribution in [-0.2, 0) is 9.53 Å². The van der Waals surface area contributed by atoms with Crippen LogP contribution in [0.15, 0.2) is 29.2 Å². The van der Waals surface area contributed by atoms with E-state index in [-0.39, 0.29) is 13.2 Å². The molecule has 0 atom stereocenters. The minimum absolute atomic E-state index is 0.218. The second kappa shape index (κ2) is 9.48. The summed E-state index contributed by atoms with van der Waals surface area (Å²) in [4.78, 5) is 25.1. The van der Waals surface area contributed by atoms with Crippen molar-refractivity contribution in [2.45, 2.75) is 18.7 Å². The Bertz CT molecular complexity index is 844. The summed E-state index contributed by atoms with van der Waals surface area (Å²) in [6.07, 6.45) is 0. The SMILES string of the molecule is CCOC(=O)c1sc(NC(=O)COc2ccc(Cl)cc2)c(SC#N)c1C. The van der Waals surface area contributed by atoms with Gasteiger partial charge in [0, 0.05) is 5.02 Å². The van der Waals surface area contributed by atoms with E-state index in [4.69, 9.17) is 26.3 Å². The van der Waals surface area contributed by atoms with E-state index in [0.717, 1.165) is 23.1 Å². The van der Waals surface area contributed by atoms with Crippen molar-refractivity contribution in [3.05, 3.63) is 39.7 Å². The Morgan fingerprint density at radius 2 is 2.04 bits per heavy atom. The summed E-state index contributed by atoms with van der Waals surface area (Å²) >= 11 is 7.75. The number of anilines is 1. The number of thioether (sulfide) groups is 1. The number of thiophene rings is 1. The fraction of sp³-hybridized carbons (Fsp3) is 0.235. The standard InChI is InChI=1S/C17H15ClN2O4S2/c1-3-23-17(22)15-10(2)14(25-9-19)16(26-15)20-13(21)8-24-12-6-4-11(18)5-7-12/h4-7H,3,8H2,1-2H3,(H,20,21). The first-order valence-corrected chi connectivity index (χ1v) is 9.52. The molecule has 2 rings (SSSR count). The Balaban J connectivity index is 2.10. The Labute approximate surface area is 164 Å². The van der Waals surface area contributed by atoms with Gasteiger partial charge < -0.3 is 14.8 Å². The molecule has 2 aromatic rings. The molecule has 9 heteroatoms. The molecule has 1 heterocycles. The first-order valence-electron chi connectivity index (χ1n) is 7.50. The molecule has 0 saturated heterocycles. The molecular weight excluding hydrogens is 396 g/mol. The summed E-state index contributed by atoms with van der Waals surface area (Å²) in [5.41, 5.74) is 0.605. The van der Waals surface area contributed by atoms with Crippen molar-refractivity contribution < 1.29 is 19.1 Å². The monoisotopic (exact) mass is 410 g/mol. The van der Waals surface area contributed by atoms with Gasteiger partial charge in [-0.2, -0.15) is 5.26 Å². The van der Waals surface area contributed by atoms with Crippen LogP contribution in [0, 0.1) is 17.6 Å². The molecule has 0 bridgehead atoms. The lowest BCUT2D eigenvalue weighted by molar-refractivity contribution is -0.118. The van der Waals surface area contributed by atoms with E-state index in [1.54, 1.807) is 38.1 Å². The first-order chi connectivity index (χ1) is 12.5. The molecule has 0 fully saturated rings. The Kier molecular flexibility index (Phi) is 7.33. The lowest BCUT2D eigenvalue weighted by atomic mass is 10.3. The minimum atomic E-state index is -0.479. The van der Waals surface area contributed by atoms with Gasteiger partial charge in [0.15, 0.2) is 6.61 Å². The maximum atomic E-state index is 12.2. The van der Waals surface area contributed by atoms with Crippen LogP contribution in [0.5, 0.6) is 5.75 Å². The van der Waals surface area contributed by atoms with Gasteiger partial charge >= 0.3 is 5.97 Å². The lowest BCUT2D eigenvalue weighted by Crippen LogP contribution is -2.19. The van der Waals surface area contributed by atoms with Gasteiger partial charge in [-0.3, -0.25) is 4.79 Å². The highest BCUT2D eigenvalue weighted by molar-refractivity contribution is 8.04. The number of nitriles is 1. The van der Waals surface area contributed by atoms with Gasteiger partial charge in [0.1, 0.15) is 21.0 Å². The maximum Gasteiger partial charge on any atom is 0.348 e. The van der Waals surface area contributed by atoms with Crippen LogP contribution in [-0.4, -0.2) is 25.1 Å². The number of benzene rings is 1. The molecule has 0 spiro atoms. The Morgan fingerprint density at radius 3 is 2.65 bits per heavy atom. The maximum absolute atomic E-state index is 12.2. The molecule has 1 N–H and O–H groups in total. The molecule has 0 radical (unpaired) electrons. The van der Waals surface area contributed by atoms with Crippen molar-refractivity contribution in [3.8, 4) is 11.2 Å². The minimum Gasteiger partial charge on any atom is -0.484 e. The van der Waals surface area contributed by atoms with E-state index in [1.807, 2.05) is 5.40 Å². The van der Waals surface area contributed by atoms with E-state index < -0.39 is 11.9 Å². The molecule has 26 heavy (non-hydrogen) atoms. The number of nitrogens with one attached hydrogen (secondary N) is 1. The number of esters is 1. The second-order valence-corrected chi connectivity index (χ2v) is 7.17. The third kappa shape index (κ3) is 5.14. The van der Waals surface area contributed by atoms with E-state index >= 15 is 0 Å². The average Bonchev–Trinajstić information content (AvgIpc) is 2.91. The first kappa shape index (κ1) is 20.1. The van der Waals surface area contributed by atoms with Crippen LogP contribution >= 0.6 is 34.7 Å². The van der Waals surface area contributed by atoms with E-state index in [0.29, 0.717) is 31.1 Å². The zero-order valence-corrected chi connectivity index (χ0v) is 16.4. The molecule has 1 amide bonds. The van der Waals surface area contributed by atoms with Crippen LogP contribution in [0.3, 0.4) is 0 Å². The topological polar surface area (TPSA) is 88.4 Å². The van der Waals surface area contributed by atoms with Gasteiger partial charge in [0.25, 0.3) is 5.91 Å². The molecule has 0 aliphatic carbocycles. The molecule has 136 valence electrons. The van der Waals surface area contributed by atoms with E-state index in [9.17, 15) is 9.59 Å². The number of carbonyl (C=O) groups excluding carboxylic acids is 2. The zero-order valence-electron chi connectivity index (χ0n) is 14.0. The molecule has 6 nitrogen and oxygen atoms in total. The number of ether oxygens (including phenoxy) is 2. The van der Waals surface area contributed by atoms with Crippen LogP contribution in [0.25, 0.3) is 0 Å². The van der Waals surface area contributed by atoms with Gasteiger partial charge in [-0.05, 0) is 55.4 Å². The lowest BCUT2D eigenvalue weighted by Gasteiger charge is -2.07. The van der Waals surface area contributed by atoms with Crippen molar-refractivity contribution in [2.75, 3.05) is 18.5 Å². The summed E-state index contributed by atoms with van der Waals surface area (Å²) < 4.78 is 10.4. The molecule has 0 unspecified atom stereocenters. The van der Waals surface area contributed by atoms with Crippen LogP contribution in [0.4, 0.5) is 5.00 Å². The van der Waals surface area contributed by atoms with Gasteiger partial charge in [-0.25, -0.2) is 4.79 Å². The number of carbonyl (C=O) groups is 2. The van der Waals surface area contributed by atoms with Gasteiger partial charge in [0.2, 0.25) is 0 Å². The number of thiocyanates is 1. The number of hydrogen-bond donors (Lipinski definition) is 1. The summed E-state index contributed by atoms with van der Waals surface area (Å²) in [7, 11) is 0. The normalized spacial score (nSPS) is 10.1.